The summed E-state index contributed by atoms with van der Waals surface area (Å²) in [4.78, 5) is 12.0. The van der Waals surface area contributed by atoms with Crippen molar-refractivity contribution in [3.8, 4) is 0 Å². The van der Waals surface area contributed by atoms with Crippen LogP contribution in [-0.4, -0.2) is 37.6 Å². The Morgan fingerprint density at radius 3 is 2.95 bits per heavy atom. The molecule has 0 aromatic carbocycles. The molecular formula is C16H23NO4S. The topological polar surface area (TPSA) is 67.8 Å². The molecule has 0 radical (unpaired) electrons. The van der Waals surface area contributed by atoms with Gasteiger partial charge in [-0.05, 0) is 48.2 Å². The number of aliphatic hydroxyl groups is 1. The minimum Gasteiger partial charge on any atom is -0.459 e. The van der Waals surface area contributed by atoms with E-state index in [-0.39, 0.29) is 24.3 Å². The Labute approximate surface area is 134 Å². The third-order valence-electron chi connectivity index (χ3n) is 3.79. The molecule has 0 aliphatic carbocycles. The lowest BCUT2D eigenvalue weighted by atomic mass is 9.81. The number of amides is 1. The average Bonchev–Trinajstić information content (AvgIpc) is 3.06. The van der Waals surface area contributed by atoms with Gasteiger partial charge < -0.3 is 19.9 Å². The van der Waals surface area contributed by atoms with Gasteiger partial charge in [0, 0.05) is 32.1 Å². The van der Waals surface area contributed by atoms with E-state index >= 15 is 0 Å². The fourth-order valence-corrected chi connectivity index (χ4v) is 3.44. The third kappa shape index (κ3) is 3.88. The number of likely N-dealkylation sites (N-methyl/N-ethyl adjacent to an activating group) is 1. The predicted molar refractivity (Wildman–Crippen MR) is 85.5 cm³/mol. The molecule has 0 saturated carbocycles. The van der Waals surface area contributed by atoms with E-state index in [2.05, 4.69) is 16.8 Å². The van der Waals surface area contributed by atoms with Crippen molar-refractivity contribution in [2.75, 3.05) is 20.3 Å². The smallest absolute Gasteiger partial charge is 0.285 e. The number of carbonyl (C=O) groups is 1. The highest BCUT2D eigenvalue weighted by atomic mass is 32.1. The van der Waals surface area contributed by atoms with Crippen LogP contribution in [0.5, 0.6) is 0 Å². The Balaban J connectivity index is 2.33. The van der Waals surface area contributed by atoms with E-state index < -0.39 is 6.29 Å². The summed E-state index contributed by atoms with van der Waals surface area (Å²) >= 11 is 1.63. The monoisotopic (exact) mass is 325 g/mol. The number of aliphatic hydroxyl groups excluding tert-OH is 1. The molecule has 0 saturated heterocycles. The van der Waals surface area contributed by atoms with Crippen LogP contribution < -0.4 is 5.32 Å². The molecule has 1 aliphatic rings. The molecule has 0 fully saturated rings. The van der Waals surface area contributed by atoms with E-state index in [0.717, 1.165) is 12.0 Å². The highest BCUT2D eigenvalue weighted by molar-refractivity contribution is 7.08. The lowest BCUT2D eigenvalue weighted by molar-refractivity contribution is -0.166. The molecule has 22 heavy (non-hydrogen) atoms. The van der Waals surface area contributed by atoms with Gasteiger partial charge in [-0.3, -0.25) is 4.79 Å². The van der Waals surface area contributed by atoms with Crippen LogP contribution in [0.3, 0.4) is 0 Å². The van der Waals surface area contributed by atoms with Crippen molar-refractivity contribution in [1.29, 1.82) is 0 Å². The van der Waals surface area contributed by atoms with Crippen LogP contribution in [0.25, 0.3) is 0 Å². The van der Waals surface area contributed by atoms with Crippen LogP contribution in [0.15, 0.2) is 28.7 Å². The van der Waals surface area contributed by atoms with Gasteiger partial charge in [-0.2, -0.15) is 11.3 Å². The second kappa shape index (κ2) is 8.31. The highest BCUT2D eigenvalue weighted by Crippen LogP contribution is 2.39. The van der Waals surface area contributed by atoms with Crippen LogP contribution in [0.4, 0.5) is 0 Å². The molecule has 2 rings (SSSR count). The fraction of sp³-hybridized carbons (Fsp3) is 0.562. The van der Waals surface area contributed by atoms with Gasteiger partial charge in [0.1, 0.15) is 0 Å². The molecule has 122 valence electrons. The number of hydrogen-bond donors (Lipinski definition) is 2. The lowest BCUT2D eigenvalue weighted by Crippen LogP contribution is -2.38. The van der Waals surface area contributed by atoms with Crippen molar-refractivity contribution in [2.24, 2.45) is 5.92 Å². The first-order valence-corrected chi connectivity index (χ1v) is 8.50. The number of carbonyl (C=O) groups excluding carboxylic acids is 1. The molecule has 3 atom stereocenters. The number of rotatable bonds is 7. The Morgan fingerprint density at radius 1 is 1.55 bits per heavy atom. The summed E-state index contributed by atoms with van der Waals surface area (Å²) in [5.41, 5.74) is 1.15. The number of ether oxygens (including phenoxy) is 2. The molecule has 2 N–H and O–H groups in total. The fourth-order valence-electron chi connectivity index (χ4n) is 2.73. The molecule has 1 aromatic rings. The quantitative estimate of drug-likeness (QED) is 0.807. The van der Waals surface area contributed by atoms with Gasteiger partial charge in [0.15, 0.2) is 5.76 Å². The van der Waals surface area contributed by atoms with Crippen molar-refractivity contribution in [1.82, 2.24) is 5.32 Å². The first-order chi connectivity index (χ1) is 10.7. The van der Waals surface area contributed by atoms with Crippen molar-refractivity contribution in [3.63, 3.8) is 0 Å². The summed E-state index contributed by atoms with van der Waals surface area (Å²) in [6.45, 7) is 2.55. The largest absolute Gasteiger partial charge is 0.459 e. The standard InChI is InChI=1S/C16H23NO4S/c1-3-20-16-12(5-4-7-18)13(11-6-8-22-10-11)9-14(21-16)15(19)17-2/h6,8-10,12-13,16,18H,3-5,7H2,1-2H3,(H,17,19)/t12-,13+,16+/m1/s1. The second-order valence-electron chi connectivity index (χ2n) is 5.16. The molecule has 1 aromatic heterocycles. The number of thiophene rings is 1. The SMILES string of the molecule is CCO[C@H]1OC(C(=O)NC)=C[C@@H](c2ccsc2)[C@H]1CCCO. The Kier molecular flexibility index (Phi) is 6.42. The first-order valence-electron chi connectivity index (χ1n) is 7.56. The van der Waals surface area contributed by atoms with Gasteiger partial charge in [0.2, 0.25) is 6.29 Å². The van der Waals surface area contributed by atoms with E-state index in [1.54, 1.807) is 18.4 Å². The molecule has 1 aliphatic heterocycles. The minimum absolute atomic E-state index is 0.0513. The minimum atomic E-state index is -0.473. The molecule has 5 nitrogen and oxygen atoms in total. The zero-order chi connectivity index (χ0) is 15.9. The lowest BCUT2D eigenvalue weighted by Gasteiger charge is -2.36. The maximum absolute atomic E-state index is 12.0. The number of allylic oxidation sites excluding steroid dienone is 1. The molecular weight excluding hydrogens is 302 g/mol. The Morgan fingerprint density at radius 2 is 2.36 bits per heavy atom. The van der Waals surface area contributed by atoms with E-state index in [0.29, 0.717) is 18.8 Å². The Bertz CT molecular complexity index is 500. The summed E-state index contributed by atoms with van der Waals surface area (Å²) in [6.07, 6.45) is 2.86. The molecule has 6 heteroatoms. The number of nitrogens with one attached hydrogen (secondary N) is 1. The second-order valence-corrected chi connectivity index (χ2v) is 5.94. The van der Waals surface area contributed by atoms with Crippen molar-refractivity contribution in [3.05, 3.63) is 34.2 Å². The first kappa shape index (κ1) is 17.0. The predicted octanol–water partition coefficient (Wildman–Crippen LogP) is 2.24. The van der Waals surface area contributed by atoms with E-state index in [1.807, 2.05) is 18.4 Å². The normalized spacial score (nSPS) is 24.5. The molecule has 1 amide bonds. The maximum atomic E-state index is 12.0. The summed E-state index contributed by atoms with van der Waals surface area (Å²) in [7, 11) is 1.58. The number of hydrogen-bond acceptors (Lipinski definition) is 5. The molecule has 0 unspecified atom stereocenters. The van der Waals surface area contributed by atoms with Crippen molar-refractivity contribution < 1.29 is 19.4 Å². The highest BCUT2D eigenvalue weighted by Gasteiger charge is 2.37. The van der Waals surface area contributed by atoms with E-state index in [4.69, 9.17) is 14.6 Å². The molecule has 2 heterocycles. The van der Waals surface area contributed by atoms with Crippen LogP contribution in [0, 0.1) is 5.92 Å². The van der Waals surface area contributed by atoms with Crippen LogP contribution in [-0.2, 0) is 14.3 Å². The summed E-state index contributed by atoms with van der Waals surface area (Å²) in [5.74, 6) is 0.188. The maximum Gasteiger partial charge on any atom is 0.285 e. The van der Waals surface area contributed by atoms with Crippen molar-refractivity contribution in [2.45, 2.75) is 32.0 Å². The van der Waals surface area contributed by atoms with Gasteiger partial charge in [0.05, 0.1) is 0 Å². The summed E-state index contributed by atoms with van der Waals surface area (Å²) < 4.78 is 11.5. The summed E-state index contributed by atoms with van der Waals surface area (Å²) in [5, 5.41) is 15.9. The third-order valence-corrected chi connectivity index (χ3v) is 4.49. The van der Waals surface area contributed by atoms with Crippen LogP contribution >= 0.6 is 11.3 Å². The van der Waals surface area contributed by atoms with Gasteiger partial charge in [-0.15, -0.1) is 0 Å². The van der Waals surface area contributed by atoms with Crippen LogP contribution in [0.1, 0.15) is 31.2 Å². The zero-order valence-corrected chi connectivity index (χ0v) is 13.8. The molecule has 0 bridgehead atoms. The Hall–Kier alpha value is -1.37. The van der Waals surface area contributed by atoms with Gasteiger partial charge in [-0.1, -0.05) is 0 Å². The van der Waals surface area contributed by atoms with E-state index in [9.17, 15) is 4.79 Å². The van der Waals surface area contributed by atoms with Gasteiger partial charge in [0.25, 0.3) is 5.91 Å². The zero-order valence-electron chi connectivity index (χ0n) is 13.0. The van der Waals surface area contributed by atoms with Crippen LogP contribution in [0.2, 0.25) is 0 Å². The average molecular weight is 325 g/mol. The summed E-state index contributed by atoms with van der Waals surface area (Å²) in [6, 6.07) is 2.06. The van der Waals surface area contributed by atoms with E-state index in [1.165, 1.54) is 0 Å². The van der Waals surface area contributed by atoms with Gasteiger partial charge in [-0.25, -0.2) is 0 Å². The van der Waals surface area contributed by atoms with Crippen molar-refractivity contribution >= 4 is 17.2 Å². The molecule has 0 spiro atoms. The van der Waals surface area contributed by atoms with Gasteiger partial charge >= 0.3 is 0 Å².